The van der Waals surface area contributed by atoms with E-state index in [2.05, 4.69) is 14.7 Å². The lowest BCUT2D eigenvalue weighted by molar-refractivity contribution is 0.0525. The molecule has 0 aromatic carbocycles. The number of hydrogen-bond acceptors (Lipinski definition) is 8. The predicted octanol–water partition coefficient (Wildman–Crippen LogP) is -0.211. The van der Waals surface area contributed by atoms with E-state index in [-0.39, 0.29) is 6.04 Å². The van der Waals surface area contributed by atoms with E-state index in [1.165, 1.54) is 16.7 Å². The molecule has 2 saturated heterocycles. The SMILES string of the molecule is CCOC(=O)c1cnc(N2CCC(NS(=O)(=O)N3CCOCC3)CC2)nc1. The molecular formula is C16H25N5O5S. The zero-order chi connectivity index (χ0) is 19.3. The van der Waals surface area contributed by atoms with Gasteiger partial charge in [-0.25, -0.2) is 14.8 Å². The van der Waals surface area contributed by atoms with Crippen LogP contribution in [-0.4, -0.2) is 80.7 Å². The first-order valence-electron chi connectivity index (χ1n) is 9.09. The number of rotatable bonds is 6. The van der Waals surface area contributed by atoms with Gasteiger partial charge in [0.25, 0.3) is 10.2 Å². The fraction of sp³-hybridized carbons (Fsp3) is 0.688. The third-order valence-corrected chi connectivity index (χ3v) is 6.23. The molecule has 1 aromatic rings. The summed E-state index contributed by atoms with van der Waals surface area (Å²) >= 11 is 0. The van der Waals surface area contributed by atoms with Crippen LogP contribution in [0, 0.1) is 0 Å². The van der Waals surface area contributed by atoms with Crippen LogP contribution in [0.3, 0.4) is 0 Å². The second-order valence-electron chi connectivity index (χ2n) is 6.39. The smallest absolute Gasteiger partial charge is 0.341 e. The maximum Gasteiger partial charge on any atom is 0.341 e. The molecule has 0 aliphatic carbocycles. The van der Waals surface area contributed by atoms with Gasteiger partial charge in [-0.05, 0) is 19.8 Å². The van der Waals surface area contributed by atoms with Crippen LogP contribution >= 0.6 is 0 Å². The number of carbonyl (C=O) groups excluding carboxylic acids is 1. The summed E-state index contributed by atoms with van der Waals surface area (Å²) in [5.41, 5.74) is 0.314. The normalized spacial score (nSPS) is 19.8. The van der Waals surface area contributed by atoms with Crippen molar-refractivity contribution in [3.63, 3.8) is 0 Å². The van der Waals surface area contributed by atoms with Crippen molar-refractivity contribution in [1.29, 1.82) is 0 Å². The zero-order valence-corrected chi connectivity index (χ0v) is 16.2. The van der Waals surface area contributed by atoms with Crippen LogP contribution in [0.15, 0.2) is 12.4 Å². The molecule has 3 rings (SSSR count). The van der Waals surface area contributed by atoms with Gasteiger partial charge in [0.15, 0.2) is 0 Å². The Hall–Kier alpha value is -1.82. The van der Waals surface area contributed by atoms with E-state index in [0.717, 1.165) is 0 Å². The van der Waals surface area contributed by atoms with Gasteiger partial charge in [0.05, 0.1) is 25.4 Å². The Kier molecular flexibility index (Phi) is 6.58. The molecule has 0 atom stereocenters. The van der Waals surface area contributed by atoms with Crippen LogP contribution < -0.4 is 9.62 Å². The second kappa shape index (κ2) is 8.91. The number of piperidine rings is 1. The molecule has 0 saturated carbocycles. The van der Waals surface area contributed by atoms with E-state index in [9.17, 15) is 13.2 Å². The average molecular weight is 399 g/mol. The van der Waals surface area contributed by atoms with Crippen LogP contribution in [-0.2, 0) is 19.7 Å². The van der Waals surface area contributed by atoms with Crippen molar-refractivity contribution in [2.45, 2.75) is 25.8 Å². The average Bonchev–Trinajstić information content (AvgIpc) is 2.69. The summed E-state index contributed by atoms with van der Waals surface area (Å²) in [4.78, 5) is 22.1. The van der Waals surface area contributed by atoms with Crippen molar-refractivity contribution in [1.82, 2.24) is 19.0 Å². The monoisotopic (exact) mass is 399 g/mol. The molecule has 10 nitrogen and oxygen atoms in total. The standard InChI is InChI=1S/C16H25N5O5S/c1-2-26-15(22)13-11-17-16(18-12-13)20-5-3-14(4-6-20)19-27(23,24)21-7-9-25-10-8-21/h11-12,14,19H,2-10H2,1H3. The largest absolute Gasteiger partial charge is 0.462 e. The Bertz CT molecular complexity index is 728. The molecule has 0 unspecified atom stereocenters. The van der Waals surface area contributed by atoms with Crippen LogP contribution in [0.4, 0.5) is 5.95 Å². The summed E-state index contributed by atoms with van der Waals surface area (Å²) in [6.07, 6.45) is 4.22. The molecule has 1 aromatic heterocycles. The van der Waals surface area contributed by atoms with Crippen molar-refractivity contribution < 1.29 is 22.7 Å². The van der Waals surface area contributed by atoms with Gasteiger partial charge in [0.1, 0.15) is 0 Å². The fourth-order valence-corrected chi connectivity index (χ4v) is 4.51. The first-order chi connectivity index (χ1) is 13.0. The molecule has 1 N–H and O–H groups in total. The molecule has 0 radical (unpaired) electrons. The summed E-state index contributed by atoms with van der Waals surface area (Å²) in [7, 11) is -3.48. The van der Waals surface area contributed by atoms with Gasteiger partial charge >= 0.3 is 5.97 Å². The molecule has 150 valence electrons. The Balaban J connectivity index is 1.52. The van der Waals surface area contributed by atoms with E-state index in [1.807, 2.05) is 4.90 Å². The number of aromatic nitrogens is 2. The number of hydrogen-bond donors (Lipinski definition) is 1. The highest BCUT2D eigenvalue weighted by atomic mass is 32.2. The molecule has 2 fully saturated rings. The Morgan fingerprint density at radius 3 is 2.44 bits per heavy atom. The molecule has 0 bridgehead atoms. The molecule has 0 amide bonds. The Morgan fingerprint density at radius 2 is 1.85 bits per heavy atom. The third-order valence-electron chi connectivity index (χ3n) is 4.55. The summed E-state index contributed by atoms with van der Waals surface area (Å²) in [5, 5.41) is 0. The number of carbonyl (C=O) groups is 1. The minimum absolute atomic E-state index is 0.118. The molecule has 3 heterocycles. The van der Waals surface area contributed by atoms with Gasteiger partial charge in [0, 0.05) is 44.6 Å². The maximum absolute atomic E-state index is 12.4. The predicted molar refractivity (Wildman–Crippen MR) is 97.7 cm³/mol. The van der Waals surface area contributed by atoms with E-state index in [0.29, 0.717) is 70.4 Å². The molecule has 27 heavy (non-hydrogen) atoms. The van der Waals surface area contributed by atoms with E-state index >= 15 is 0 Å². The number of morpholine rings is 1. The summed E-state index contributed by atoms with van der Waals surface area (Å²) < 4.78 is 39.2. The molecular weight excluding hydrogens is 374 g/mol. The van der Waals surface area contributed by atoms with Crippen molar-refractivity contribution in [2.75, 3.05) is 50.9 Å². The van der Waals surface area contributed by atoms with Gasteiger partial charge < -0.3 is 14.4 Å². The molecule has 11 heteroatoms. The molecule has 2 aliphatic heterocycles. The van der Waals surface area contributed by atoms with E-state index < -0.39 is 16.2 Å². The summed E-state index contributed by atoms with van der Waals surface area (Å²) in [6.45, 7) is 4.93. The van der Waals surface area contributed by atoms with Gasteiger partial charge in [-0.1, -0.05) is 0 Å². The lowest BCUT2D eigenvalue weighted by Crippen LogP contribution is -2.52. The van der Waals surface area contributed by atoms with Crippen molar-refractivity contribution in [2.24, 2.45) is 0 Å². The Labute approximate surface area is 159 Å². The van der Waals surface area contributed by atoms with Gasteiger partial charge in [-0.15, -0.1) is 0 Å². The maximum atomic E-state index is 12.4. The fourth-order valence-electron chi connectivity index (χ4n) is 3.07. The van der Waals surface area contributed by atoms with E-state index in [4.69, 9.17) is 9.47 Å². The highest BCUT2D eigenvalue weighted by Gasteiger charge is 2.29. The quantitative estimate of drug-likeness (QED) is 0.654. The molecule has 2 aliphatic rings. The lowest BCUT2D eigenvalue weighted by Gasteiger charge is -2.34. The lowest BCUT2D eigenvalue weighted by atomic mass is 10.1. The Morgan fingerprint density at radius 1 is 1.22 bits per heavy atom. The minimum atomic E-state index is -3.48. The minimum Gasteiger partial charge on any atom is -0.462 e. The first kappa shape index (κ1) is 19.9. The van der Waals surface area contributed by atoms with Gasteiger partial charge in [0.2, 0.25) is 5.95 Å². The second-order valence-corrected chi connectivity index (χ2v) is 8.09. The van der Waals surface area contributed by atoms with Crippen LogP contribution in [0.5, 0.6) is 0 Å². The summed E-state index contributed by atoms with van der Waals surface area (Å²) in [6, 6.07) is -0.118. The van der Waals surface area contributed by atoms with E-state index in [1.54, 1.807) is 6.92 Å². The van der Waals surface area contributed by atoms with Gasteiger partial charge in [-0.2, -0.15) is 17.4 Å². The topological polar surface area (TPSA) is 114 Å². The van der Waals surface area contributed by atoms with Crippen LogP contribution in [0.25, 0.3) is 0 Å². The highest BCUT2D eigenvalue weighted by molar-refractivity contribution is 7.87. The van der Waals surface area contributed by atoms with Crippen molar-refractivity contribution in [3.05, 3.63) is 18.0 Å². The number of nitrogens with zero attached hydrogens (tertiary/aromatic N) is 4. The van der Waals surface area contributed by atoms with Crippen LogP contribution in [0.2, 0.25) is 0 Å². The third kappa shape index (κ3) is 5.12. The molecule has 0 spiro atoms. The van der Waals surface area contributed by atoms with Crippen molar-refractivity contribution in [3.8, 4) is 0 Å². The van der Waals surface area contributed by atoms with Crippen molar-refractivity contribution >= 4 is 22.1 Å². The number of anilines is 1. The highest BCUT2D eigenvalue weighted by Crippen LogP contribution is 2.17. The number of ether oxygens (including phenoxy) is 2. The zero-order valence-electron chi connectivity index (χ0n) is 15.3. The van der Waals surface area contributed by atoms with Gasteiger partial charge in [-0.3, -0.25) is 0 Å². The number of esters is 1. The number of nitrogens with one attached hydrogen (secondary N) is 1. The summed E-state index contributed by atoms with van der Waals surface area (Å²) in [5.74, 6) is 0.0813. The van der Waals surface area contributed by atoms with Crippen LogP contribution in [0.1, 0.15) is 30.1 Å². The first-order valence-corrected chi connectivity index (χ1v) is 10.5.